The Bertz CT molecular complexity index is 770. The monoisotopic (exact) mass is 424 g/mol. The molecule has 0 saturated heterocycles. The van der Waals surface area contributed by atoms with Crippen molar-refractivity contribution in [1.82, 2.24) is 4.90 Å². The quantitative estimate of drug-likeness (QED) is 0.693. The molecule has 26 heavy (non-hydrogen) atoms. The van der Waals surface area contributed by atoms with Gasteiger partial charge in [-0.15, -0.1) is 0 Å². The topological polar surface area (TPSA) is 50.8 Å². The number of carbonyl (C=O) groups excluding carboxylic acids is 1. The molecule has 1 amide bonds. The fraction of sp³-hybridized carbons (Fsp3) is 0.316. The van der Waals surface area contributed by atoms with Crippen molar-refractivity contribution in [2.24, 2.45) is 0 Å². The van der Waals surface area contributed by atoms with Crippen molar-refractivity contribution in [3.8, 4) is 11.5 Å². The van der Waals surface area contributed by atoms with Gasteiger partial charge in [0.1, 0.15) is 17.3 Å². The predicted molar refractivity (Wildman–Crippen MR) is 103 cm³/mol. The van der Waals surface area contributed by atoms with Crippen molar-refractivity contribution in [3.63, 3.8) is 0 Å². The minimum Gasteiger partial charge on any atom is -0.497 e. The molecule has 140 valence electrons. The highest BCUT2D eigenvalue weighted by Gasteiger charge is 2.11. The van der Waals surface area contributed by atoms with E-state index in [1.807, 2.05) is 30.1 Å². The summed E-state index contributed by atoms with van der Waals surface area (Å²) in [7, 11) is 5.13. The van der Waals surface area contributed by atoms with E-state index in [1.165, 1.54) is 12.1 Å². The van der Waals surface area contributed by atoms with Crippen molar-refractivity contribution in [3.05, 3.63) is 52.3 Å². The molecule has 0 atom stereocenters. The molecular formula is C19H22BrFN2O3. The summed E-state index contributed by atoms with van der Waals surface area (Å²) in [5.74, 6) is 0.755. The second kappa shape index (κ2) is 9.54. The van der Waals surface area contributed by atoms with Gasteiger partial charge in [0.25, 0.3) is 0 Å². The zero-order chi connectivity index (χ0) is 19.1. The molecule has 2 rings (SSSR count). The van der Waals surface area contributed by atoms with E-state index in [4.69, 9.17) is 9.47 Å². The molecule has 0 aromatic heterocycles. The number of anilines is 1. The Kier molecular flexibility index (Phi) is 7.41. The Balaban J connectivity index is 1.88. The minimum atomic E-state index is -0.468. The SMILES string of the molecule is COc1ccc(CN(C)CCC(=O)Nc2ccc(Br)cc2F)c(OC)c1. The smallest absolute Gasteiger partial charge is 0.225 e. The average Bonchev–Trinajstić information content (AvgIpc) is 2.62. The first-order valence-corrected chi connectivity index (χ1v) is 8.86. The van der Waals surface area contributed by atoms with E-state index < -0.39 is 5.82 Å². The molecule has 2 aromatic rings. The summed E-state index contributed by atoms with van der Waals surface area (Å²) in [6.45, 7) is 1.15. The van der Waals surface area contributed by atoms with Gasteiger partial charge in [-0.05, 0) is 31.3 Å². The van der Waals surface area contributed by atoms with Crippen molar-refractivity contribution < 1.29 is 18.7 Å². The zero-order valence-corrected chi connectivity index (χ0v) is 16.6. The summed E-state index contributed by atoms with van der Waals surface area (Å²) in [5.41, 5.74) is 1.17. The van der Waals surface area contributed by atoms with E-state index >= 15 is 0 Å². The molecule has 0 saturated carbocycles. The third-order valence-electron chi connectivity index (χ3n) is 3.86. The Hall–Kier alpha value is -2.12. The van der Waals surface area contributed by atoms with Gasteiger partial charge in [-0.3, -0.25) is 4.79 Å². The first kappa shape index (κ1) is 20.2. The van der Waals surface area contributed by atoms with Gasteiger partial charge in [0, 0.05) is 35.6 Å². The van der Waals surface area contributed by atoms with E-state index in [0.717, 1.165) is 17.1 Å². The molecular weight excluding hydrogens is 403 g/mol. The molecule has 5 nitrogen and oxygen atoms in total. The first-order valence-electron chi connectivity index (χ1n) is 8.07. The van der Waals surface area contributed by atoms with E-state index in [0.29, 0.717) is 17.6 Å². The summed E-state index contributed by atoms with van der Waals surface area (Å²) in [6, 6.07) is 10.2. The molecule has 2 aromatic carbocycles. The Morgan fingerprint density at radius 3 is 2.62 bits per heavy atom. The molecule has 0 aliphatic heterocycles. The fourth-order valence-corrected chi connectivity index (χ4v) is 2.78. The lowest BCUT2D eigenvalue weighted by Gasteiger charge is -2.18. The van der Waals surface area contributed by atoms with Gasteiger partial charge in [-0.25, -0.2) is 4.39 Å². The summed E-state index contributed by atoms with van der Waals surface area (Å²) in [5, 5.41) is 2.59. The summed E-state index contributed by atoms with van der Waals surface area (Å²) < 4.78 is 25.0. The van der Waals surface area contributed by atoms with Crippen LogP contribution in [-0.2, 0) is 11.3 Å². The maximum Gasteiger partial charge on any atom is 0.225 e. The van der Waals surface area contributed by atoms with E-state index in [-0.39, 0.29) is 18.0 Å². The number of halogens is 2. The van der Waals surface area contributed by atoms with Gasteiger partial charge in [-0.2, -0.15) is 0 Å². The molecule has 0 fully saturated rings. The van der Waals surface area contributed by atoms with Crippen molar-refractivity contribution in [2.45, 2.75) is 13.0 Å². The molecule has 1 N–H and O–H groups in total. The van der Waals surface area contributed by atoms with Gasteiger partial charge < -0.3 is 19.7 Å². The highest BCUT2D eigenvalue weighted by Crippen LogP contribution is 2.25. The van der Waals surface area contributed by atoms with Gasteiger partial charge in [0.15, 0.2) is 0 Å². The molecule has 0 bridgehead atoms. The molecule has 0 unspecified atom stereocenters. The highest BCUT2D eigenvalue weighted by molar-refractivity contribution is 9.10. The van der Waals surface area contributed by atoms with Crippen LogP contribution in [-0.4, -0.2) is 38.6 Å². The lowest BCUT2D eigenvalue weighted by molar-refractivity contribution is -0.116. The van der Waals surface area contributed by atoms with Crippen molar-refractivity contribution in [2.75, 3.05) is 33.1 Å². The van der Waals surface area contributed by atoms with Crippen LogP contribution in [0.1, 0.15) is 12.0 Å². The third kappa shape index (κ3) is 5.71. The molecule has 0 aliphatic carbocycles. The largest absolute Gasteiger partial charge is 0.497 e. The number of hydrogen-bond acceptors (Lipinski definition) is 4. The number of rotatable bonds is 8. The normalized spacial score (nSPS) is 10.7. The molecule has 0 radical (unpaired) electrons. The van der Waals surface area contributed by atoms with Crippen LogP contribution in [0.5, 0.6) is 11.5 Å². The number of carbonyl (C=O) groups is 1. The van der Waals surface area contributed by atoms with E-state index in [2.05, 4.69) is 21.2 Å². The Labute approximate surface area is 161 Å². The standard InChI is InChI=1S/C19H22BrFN2O3/c1-23(12-13-4-6-15(25-2)11-18(13)26-3)9-8-19(24)22-17-7-5-14(20)10-16(17)21/h4-7,10-11H,8-9,12H2,1-3H3,(H,22,24). The van der Waals surface area contributed by atoms with Gasteiger partial charge in [-0.1, -0.05) is 22.0 Å². The molecule has 0 spiro atoms. The van der Waals surface area contributed by atoms with Crippen LogP contribution < -0.4 is 14.8 Å². The highest BCUT2D eigenvalue weighted by atomic mass is 79.9. The van der Waals surface area contributed by atoms with Gasteiger partial charge >= 0.3 is 0 Å². The van der Waals surface area contributed by atoms with Crippen molar-refractivity contribution in [1.29, 1.82) is 0 Å². The average molecular weight is 425 g/mol. The lowest BCUT2D eigenvalue weighted by Crippen LogP contribution is -2.24. The van der Waals surface area contributed by atoms with Crippen LogP contribution in [0.15, 0.2) is 40.9 Å². The number of benzene rings is 2. The molecule has 0 heterocycles. The first-order chi connectivity index (χ1) is 12.4. The van der Waals surface area contributed by atoms with Gasteiger partial charge in [0.05, 0.1) is 19.9 Å². The number of amides is 1. The zero-order valence-electron chi connectivity index (χ0n) is 15.0. The van der Waals surface area contributed by atoms with Crippen LogP contribution in [0.4, 0.5) is 10.1 Å². The summed E-state index contributed by atoms with van der Waals surface area (Å²) >= 11 is 3.19. The number of methoxy groups -OCH3 is 2. The van der Waals surface area contributed by atoms with E-state index in [1.54, 1.807) is 20.3 Å². The van der Waals surface area contributed by atoms with Crippen LogP contribution in [0.25, 0.3) is 0 Å². The number of hydrogen-bond donors (Lipinski definition) is 1. The Morgan fingerprint density at radius 1 is 1.19 bits per heavy atom. The fourth-order valence-electron chi connectivity index (χ4n) is 2.45. The maximum atomic E-state index is 13.8. The van der Waals surface area contributed by atoms with Gasteiger partial charge in [0.2, 0.25) is 5.91 Å². The predicted octanol–water partition coefficient (Wildman–Crippen LogP) is 4.07. The third-order valence-corrected chi connectivity index (χ3v) is 4.35. The number of nitrogens with one attached hydrogen (secondary N) is 1. The van der Waals surface area contributed by atoms with Crippen LogP contribution in [0.3, 0.4) is 0 Å². The van der Waals surface area contributed by atoms with Crippen molar-refractivity contribution >= 4 is 27.5 Å². The number of ether oxygens (including phenoxy) is 2. The minimum absolute atomic E-state index is 0.178. The Morgan fingerprint density at radius 2 is 1.96 bits per heavy atom. The summed E-state index contributed by atoms with van der Waals surface area (Å²) in [6.07, 6.45) is 0.254. The molecule has 7 heteroatoms. The second-order valence-electron chi connectivity index (χ2n) is 5.84. The maximum absolute atomic E-state index is 13.8. The lowest BCUT2D eigenvalue weighted by atomic mass is 10.1. The summed E-state index contributed by atoms with van der Waals surface area (Å²) in [4.78, 5) is 14.1. The van der Waals surface area contributed by atoms with E-state index in [9.17, 15) is 9.18 Å². The van der Waals surface area contributed by atoms with Crippen LogP contribution >= 0.6 is 15.9 Å². The van der Waals surface area contributed by atoms with Crippen LogP contribution in [0, 0.1) is 5.82 Å². The van der Waals surface area contributed by atoms with Crippen LogP contribution in [0.2, 0.25) is 0 Å². The second-order valence-corrected chi connectivity index (χ2v) is 6.75. The molecule has 0 aliphatic rings. The number of nitrogens with zero attached hydrogens (tertiary/aromatic N) is 1.